The highest BCUT2D eigenvalue weighted by molar-refractivity contribution is 6.42. The molecule has 2 aromatic rings. The molecule has 2 rings (SSSR count). The zero-order valence-electron chi connectivity index (χ0n) is 10.7. The predicted molar refractivity (Wildman–Crippen MR) is 81.6 cm³/mol. The van der Waals surface area contributed by atoms with Gasteiger partial charge in [-0.3, -0.25) is 0 Å². The Hall–Kier alpha value is -1.71. The normalized spacial score (nSPS) is 11.9. The van der Waals surface area contributed by atoms with E-state index in [1.165, 1.54) is 0 Å². The van der Waals surface area contributed by atoms with Crippen LogP contribution in [0.15, 0.2) is 42.5 Å². The van der Waals surface area contributed by atoms with Crippen LogP contribution in [0, 0.1) is 6.92 Å². The molecule has 0 saturated carbocycles. The van der Waals surface area contributed by atoms with Crippen molar-refractivity contribution in [3.05, 3.63) is 63.6 Å². The summed E-state index contributed by atoms with van der Waals surface area (Å²) in [5.41, 5.74) is 2.24. The SMILES string of the molecule is Cc1ccc(NC(C(=O)O)c2cccc(Cl)c2Cl)cc1. The Labute approximate surface area is 127 Å². The maximum absolute atomic E-state index is 11.5. The lowest BCUT2D eigenvalue weighted by atomic mass is 10.1. The van der Waals surface area contributed by atoms with Gasteiger partial charge >= 0.3 is 5.97 Å². The number of benzene rings is 2. The summed E-state index contributed by atoms with van der Waals surface area (Å²) in [6, 6.07) is 11.4. The first-order valence-corrected chi connectivity index (χ1v) is 6.74. The third-order valence-corrected chi connectivity index (χ3v) is 3.74. The van der Waals surface area contributed by atoms with Crippen molar-refractivity contribution in [3.63, 3.8) is 0 Å². The van der Waals surface area contributed by atoms with Crippen molar-refractivity contribution in [2.24, 2.45) is 0 Å². The number of hydrogen-bond donors (Lipinski definition) is 2. The Morgan fingerprint density at radius 3 is 2.40 bits per heavy atom. The summed E-state index contributed by atoms with van der Waals surface area (Å²) in [6.07, 6.45) is 0. The summed E-state index contributed by atoms with van der Waals surface area (Å²) < 4.78 is 0. The van der Waals surface area contributed by atoms with Crippen LogP contribution in [-0.2, 0) is 4.79 Å². The van der Waals surface area contributed by atoms with Crippen LogP contribution in [0.25, 0.3) is 0 Å². The number of anilines is 1. The van der Waals surface area contributed by atoms with Gasteiger partial charge in [0.2, 0.25) is 0 Å². The molecule has 0 radical (unpaired) electrons. The van der Waals surface area contributed by atoms with Crippen LogP contribution in [0.2, 0.25) is 10.0 Å². The van der Waals surface area contributed by atoms with Crippen LogP contribution in [0.4, 0.5) is 5.69 Å². The molecular formula is C15H13Cl2NO2. The topological polar surface area (TPSA) is 49.3 Å². The van der Waals surface area contributed by atoms with E-state index in [0.29, 0.717) is 16.3 Å². The Kier molecular flexibility index (Phi) is 4.53. The fraction of sp³-hybridized carbons (Fsp3) is 0.133. The van der Waals surface area contributed by atoms with Gasteiger partial charge in [-0.1, -0.05) is 53.0 Å². The fourth-order valence-corrected chi connectivity index (χ4v) is 2.25. The lowest BCUT2D eigenvalue weighted by Crippen LogP contribution is -2.20. The molecule has 1 atom stereocenters. The summed E-state index contributed by atoms with van der Waals surface area (Å²) in [6.45, 7) is 1.96. The molecule has 0 aromatic heterocycles. The molecule has 0 aliphatic rings. The number of halogens is 2. The van der Waals surface area contributed by atoms with Gasteiger partial charge in [-0.15, -0.1) is 0 Å². The van der Waals surface area contributed by atoms with Gasteiger partial charge < -0.3 is 10.4 Å². The zero-order chi connectivity index (χ0) is 14.7. The first-order chi connectivity index (χ1) is 9.49. The van der Waals surface area contributed by atoms with Crippen molar-refractivity contribution in [2.45, 2.75) is 13.0 Å². The van der Waals surface area contributed by atoms with Crippen LogP contribution < -0.4 is 5.32 Å². The monoisotopic (exact) mass is 309 g/mol. The lowest BCUT2D eigenvalue weighted by molar-refractivity contribution is -0.138. The minimum atomic E-state index is -1.02. The highest BCUT2D eigenvalue weighted by atomic mass is 35.5. The standard InChI is InChI=1S/C15H13Cl2NO2/c1-9-5-7-10(8-6-9)18-14(15(19)20)11-3-2-4-12(16)13(11)17/h2-8,14,18H,1H3,(H,19,20). The van der Waals surface area contributed by atoms with Gasteiger partial charge in [-0.2, -0.15) is 0 Å². The highest BCUT2D eigenvalue weighted by Crippen LogP contribution is 2.31. The molecule has 0 saturated heterocycles. The van der Waals surface area contributed by atoms with Crippen molar-refractivity contribution >= 4 is 34.9 Å². The molecular weight excluding hydrogens is 297 g/mol. The molecule has 0 spiro atoms. The number of carboxylic acid groups (broad SMARTS) is 1. The van der Waals surface area contributed by atoms with Crippen LogP contribution in [0.5, 0.6) is 0 Å². The van der Waals surface area contributed by atoms with E-state index in [0.717, 1.165) is 5.56 Å². The van der Waals surface area contributed by atoms with Crippen molar-refractivity contribution in [3.8, 4) is 0 Å². The molecule has 0 heterocycles. The van der Waals surface area contributed by atoms with E-state index in [-0.39, 0.29) is 5.02 Å². The molecule has 2 aromatic carbocycles. The largest absolute Gasteiger partial charge is 0.479 e. The highest BCUT2D eigenvalue weighted by Gasteiger charge is 2.23. The molecule has 0 fully saturated rings. The van der Waals surface area contributed by atoms with E-state index < -0.39 is 12.0 Å². The van der Waals surface area contributed by atoms with Crippen molar-refractivity contribution in [1.29, 1.82) is 0 Å². The molecule has 0 aliphatic carbocycles. The van der Waals surface area contributed by atoms with E-state index in [4.69, 9.17) is 23.2 Å². The van der Waals surface area contributed by atoms with Crippen LogP contribution in [0.3, 0.4) is 0 Å². The fourth-order valence-electron chi connectivity index (χ4n) is 1.83. The second kappa shape index (κ2) is 6.16. The molecule has 2 N–H and O–H groups in total. The number of carboxylic acids is 1. The summed E-state index contributed by atoms with van der Waals surface area (Å²) >= 11 is 12.0. The Bertz CT molecular complexity index is 626. The molecule has 3 nitrogen and oxygen atoms in total. The first-order valence-electron chi connectivity index (χ1n) is 5.99. The molecule has 5 heteroatoms. The van der Waals surface area contributed by atoms with Gasteiger partial charge in [0, 0.05) is 11.3 Å². The lowest BCUT2D eigenvalue weighted by Gasteiger charge is -2.18. The van der Waals surface area contributed by atoms with Crippen molar-refractivity contribution in [2.75, 3.05) is 5.32 Å². The summed E-state index contributed by atoms with van der Waals surface area (Å²) in [5, 5.41) is 12.9. The maximum atomic E-state index is 11.5. The second-order valence-corrected chi connectivity index (χ2v) is 5.21. The number of nitrogens with one attached hydrogen (secondary N) is 1. The number of hydrogen-bond acceptors (Lipinski definition) is 2. The first kappa shape index (κ1) is 14.7. The third kappa shape index (κ3) is 3.24. The molecule has 0 bridgehead atoms. The molecule has 104 valence electrons. The maximum Gasteiger partial charge on any atom is 0.330 e. The van der Waals surface area contributed by atoms with Crippen molar-refractivity contribution in [1.82, 2.24) is 0 Å². The molecule has 0 amide bonds. The van der Waals surface area contributed by atoms with E-state index >= 15 is 0 Å². The van der Waals surface area contributed by atoms with E-state index in [1.807, 2.05) is 31.2 Å². The van der Waals surface area contributed by atoms with Crippen LogP contribution in [-0.4, -0.2) is 11.1 Å². The minimum absolute atomic E-state index is 0.251. The molecule has 1 unspecified atom stereocenters. The average molecular weight is 310 g/mol. The van der Waals surface area contributed by atoms with Gasteiger partial charge in [-0.25, -0.2) is 4.79 Å². The van der Waals surface area contributed by atoms with Crippen molar-refractivity contribution < 1.29 is 9.90 Å². The van der Waals surface area contributed by atoms with Gasteiger partial charge in [-0.05, 0) is 25.1 Å². The van der Waals surface area contributed by atoms with Gasteiger partial charge in [0.25, 0.3) is 0 Å². The van der Waals surface area contributed by atoms with E-state index in [1.54, 1.807) is 18.2 Å². The Morgan fingerprint density at radius 1 is 1.15 bits per heavy atom. The zero-order valence-corrected chi connectivity index (χ0v) is 12.2. The third-order valence-electron chi connectivity index (χ3n) is 2.90. The van der Waals surface area contributed by atoms with Crippen LogP contribution in [0.1, 0.15) is 17.2 Å². The number of rotatable bonds is 4. The molecule has 0 aliphatic heterocycles. The number of aliphatic carboxylic acids is 1. The number of carbonyl (C=O) groups is 1. The van der Waals surface area contributed by atoms with Gasteiger partial charge in [0.05, 0.1) is 10.0 Å². The Balaban J connectivity index is 2.34. The van der Waals surface area contributed by atoms with Gasteiger partial charge in [0.15, 0.2) is 6.04 Å². The minimum Gasteiger partial charge on any atom is -0.479 e. The average Bonchev–Trinajstić information content (AvgIpc) is 2.41. The van der Waals surface area contributed by atoms with Gasteiger partial charge in [0.1, 0.15) is 0 Å². The van der Waals surface area contributed by atoms with Crippen LogP contribution >= 0.6 is 23.2 Å². The summed E-state index contributed by atoms with van der Waals surface area (Å²) in [7, 11) is 0. The number of aryl methyl sites for hydroxylation is 1. The summed E-state index contributed by atoms with van der Waals surface area (Å²) in [5.74, 6) is -1.02. The summed E-state index contributed by atoms with van der Waals surface area (Å²) in [4.78, 5) is 11.5. The van der Waals surface area contributed by atoms with E-state index in [2.05, 4.69) is 5.32 Å². The smallest absolute Gasteiger partial charge is 0.330 e. The molecule has 20 heavy (non-hydrogen) atoms. The van der Waals surface area contributed by atoms with E-state index in [9.17, 15) is 9.90 Å². The predicted octanol–water partition coefficient (Wildman–Crippen LogP) is 4.54. The Morgan fingerprint density at radius 2 is 1.80 bits per heavy atom. The quantitative estimate of drug-likeness (QED) is 0.871. The second-order valence-electron chi connectivity index (χ2n) is 4.42.